The van der Waals surface area contributed by atoms with Gasteiger partial charge in [-0.1, -0.05) is 11.3 Å². The first-order valence-corrected chi connectivity index (χ1v) is 6.75. The number of aromatic nitrogens is 3. The van der Waals surface area contributed by atoms with Crippen molar-refractivity contribution >= 4 is 11.6 Å². The van der Waals surface area contributed by atoms with Crippen LogP contribution in [0.5, 0.6) is 0 Å². The van der Waals surface area contributed by atoms with Crippen LogP contribution in [-0.2, 0) is 0 Å². The molecule has 0 saturated heterocycles. The van der Waals surface area contributed by atoms with E-state index in [9.17, 15) is 14.9 Å². The Labute approximate surface area is 131 Å². The predicted octanol–water partition coefficient (Wildman–Crippen LogP) is 1.47. The molecule has 0 saturated carbocycles. The number of hydrogen-bond donors (Lipinski definition) is 0. The van der Waals surface area contributed by atoms with Gasteiger partial charge in [0.25, 0.3) is 11.6 Å². The van der Waals surface area contributed by atoms with E-state index < -0.39 is 4.92 Å². The highest BCUT2D eigenvalue weighted by Gasteiger charge is 2.21. The molecule has 0 unspecified atom stereocenters. The first-order valence-electron chi connectivity index (χ1n) is 6.75. The number of benzene rings is 1. The minimum Gasteiger partial charge on any atom is -0.339 e. The molecule has 0 aliphatic carbocycles. The number of carbonyl (C=O) groups excluding carboxylic acids is 1. The molecule has 2 rings (SSSR count). The van der Waals surface area contributed by atoms with E-state index in [2.05, 4.69) is 10.3 Å². The van der Waals surface area contributed by atoms with Crippen molar-refractivity contribution in [3.8, 4) is 11.8 Å². The van der Waals surface area contributed by atoms with Crippen molar-refractivity contribution in [2.75, 3.05) is 13.6 Å². The van der Waals surface area contributed by atoms with Gasteiger partial charge in [-0.15, -0.1) is 5.10 Å². The Morgan fingerprint density at radius 1 is 1.52 bits per heavy atom. The normalized spacial score (nSPS) is 10.1. The maximum atomic E-state index is 12.3. The monoisotopic (exact) mass is 314 g/mol. The van der Waals surface area contributed by atoms with E-state index in [1.54, 1.807) is 20.0 Å². The molecule has 0 aliphatic rings. The molecule has 0 radical (unpaired) electrons. The maximum absolute atomic E-state index is 12.3. The molecule has 0 atom stereocenters. The Hall–Kier alpha value is -3.28. The zero-order valence-corrected chi connectivity index (χ0v) is 12.6. The Morgan fingerprint density at radius 3 is 2.91 bits per heavy atom. The molecule has 1 amide bonds. The fourth-order valence-corrected chi connectivity index (χ4v) is 2.01. The molecule has 23 heavy (non-hydrogen) atoms. The molecule has 2 aromatic rings. The Kier molecular flexibility index (Phi) is 4.66. The van der Waals surface area contributed by atoms with Crippen LogP contribution < -0.4 is 0 Å². The molecular formula is C14H14N6O3. The minimum absolute atomic E-state index is 0.0728. The third-order valence-corrected chi connectivity index (χ3v) is 3.29. The summed E-state index contributed by atoms with van der Waals surface area (Å²) in [6.07, 6.45) is 0.223. The largest absolute Gasteiger partial charge is 0.339 e. The van der Waals surface area contributed by atoms with Crippen molar-refractivity contribution in [2.24, 2.45) is 0 Å². The highest BCUT2D eigenvalue weighted by molar-refractivity contribution is 5.93. The summed E-state index contributed by atoms with van der Waals surface area (Å²) in [6, 6.07) is 7.88. The van der Waals surface area contributed by atoms with Crippen LogP contribution in [0.25, 0.3) is 5.69 Å². The number of carbonyl (C=O) groups is 1. The van der Waals surface area contributed by atoms with Gasteiger partial charge in [-0.3, -0.25) is 14.9 Å². The van der Waals surface area contributed by atoms with E-state index in [0.29, 0.717) is 17.9 Å². The Bertz CT molecular complexity index is 792. The van der Waals surface area contributed by atoms with Crippen LogP contribution in [-0.4, -0.2) is 44.3 Å². The molecule has 0 bridgehead atoms. The number of rotatable bonds is 5. The molecule has 0 aliphatic heterocycles. The van der Waals surface area contributed by atoms with Crippen LogP contribution in [0.1, 0.15) is 22.6 Å². The summed E-state index contributed by atoms with van der Waals surface area (Å²) >= 11 is 0. The lowest BCUT2D eigenvalue weighted by molar-refractivity contribution is -0.384. The molecule has 1 aromatic carbocycles. The van der Waals surface area contributed by atoms with Gasteiger partial charge < -0.3 is 4.90 Å². The van der Waals surface area contributed by atoms with Gasteiger partial charge in [0.1, 0.15) is 0 Å². The van der Waals surface area contributed by atoms with Crippen molar-refractivity contribution in [1.29, 1.82) is 5.26 Å². The number of nitriles is 1. The van der Waals surface area contributed by atoms with E-state index >= 15 is 0 Å². The first kappa shape index (κ1) is 16.1. The summed E-state index contributed by atoms with van der Waals surface area (Å²) in [7, 11) is 1.57. The predicted molar refractivity (Wildman–Crippen MR) is 79.9 cm³/mol. The van der Waals surface area contributed by atoms with Gasteiger partial charge in [-0.05, 0) is 13.0 Å². The third-order valence-electron chi connectivity index (χ3n) is 3.29. The average Bonchev–Trinajstić information content (AvgIpc) is 2.93. The topological polar surface area (TPSA) is 118 Å². The molecule has 0 N–H and O–H groups in total. The second-order valence-electron chi connectivity index (χ2n) is 4.85. The van der Waals surface area contributed by atoms with E-state index in [0.717, 1.165) is 0 Å². The zero-order valence-electron chi connectivity index (χ0n) is 12.6. The van der Waals surface area contributed by atoms with Crippen molar-refractivity contribution in [3.63, 3.8) is 0 Å². The molecule has 0 spiro atoms. The average molecular weight is 314 g/mol. The van der Waals surface area contributed by atoms with Gasteiger partial charge in [0, 0.05) is 25.7 Å². The number of nitro benzene ring substituents is 1. The summed E-state index contributed by atoms with van der Waals surface area (Å²) in [5, 5.41) is 27.2. The van der Waals surface area contributed by atoms with Gasteiger partial charge in [0.15, 0.2) is 5.69 Å². The smallest absolute Gasteiger partial charge is 0.276 e. The fraction of sp³-hybridized carbons (Fsp3) is 0.286. The van der Waals surface area contributed by atoms with Gasteiger partial charge in [-0.2, -0.15) is 5.26 Å². The molecule has 1 heterocycles. The Balaban J connectivity index is 2.33. The van der Waals surface area contributed by atoms with Crippen molar-refractivity contribution in [2.45, 2.75) is 13.3 Å². The lowest BCUT2D eigenvalue weighted by Crippen LogP contribution is -2.28. The molecule has 1 aromatic heterocycles. The van der Waals surface area contributed by atoms with Crippen molar-refractivity contribution in [3.05, 3.63) is 45.8 Å². The SMILES string of the molecule is Cc1c(C(=O)N(C)CCC#N)nnn1-c1cccc([N+](=O)[O-])c1. The first-order chi connectivity index (χ1) is 11.0. The van der Waals surface area contributed by atoms with E-state index in [1.165, 1.54) is 27.8 Å². The van der Waals surface area contributed by atoms with E-state index in [-0.39, 0.29) is 23.7 Å². The van der Waals surface area contributed by atoms with Gasteiger partial charge in [0.2, 0.25) is 0 Å². The van der Waals surface area contributed by atoms with Crippen LogP contribution in [0.2, 0.25) is 0 Å². The molecule has 118 valence electrons. The highest BCUT2D eigenvalue weighted by atomic mass is 16.6. The molecule has 0 fully saturated rings. The zero-order chi connectivity index (χ0) is 17.0. The number of hydrogen-bond acceptors (Lipinski definition) is 6. The van der Waals surface area contributed by atoms with Crippen LogP contribution >= 0.6 is 0 Å². The number of nitro groups is 1. The lowest BCUT2D eigenvalue weighted by Gasteiger charge is -2.13. The number of nitrogens with zero attached hydrogens (tertiary/aromatic N) is 6. The van der Waals surface area contributed by atoms with Crippen LogP contribution in [0, 0.1) is 28.4 Å². The van der Waals surface area contributed by atoms with Crippen LogP contribution in [0.15, 0.2) is 24.3 Å². The molecule has 9 heteroatoms. The second-order valence-corrected chi connectivity index (χ2v) is 4.85. The summed E-state index contributed by atoms with van der Waals surface area (Å²) < 4.78 is 1.37. The molecular weight excluding hydrogens is 300 g/mol. The van der Waals surface area contributed by atoms with Crippen LogP contribution in [0.3, 0.4) is 0 Å². The number of non-ortho nitro benzene ring substituents is 1. The third kappa shape index (κ3) is 3.32. The summed E-state index contributed by atoms with van der Waals surface area (Å²) in [4.78, 5) is 24.0. The molecule has 9 nitrogen and oxygen atoms in total. The summed E-state index contributed by atoms with van der Waals surface area (Å²) in [5.74, 6) is -0.352. The second kappa shape index (κ2) is 6.65. The van der Waals surface area contributed by atoms with Gasteiger partial charge in [0.05, 0.1) is 28.8 Å². The Morgan fingerprint density at radius 2 is 2.26 bits per heavy atom. The van der Waals surface area contributed by atoms with Gasteiger partial charge >= 0.3 is 0 Å². The summed E-state index contributed by atoms with van der Waals surface area (Å²) in [5.41, 5.74) is 0.996. The van der Waals surface area contributed by atoms with E-state index in [4.69, 9.17) is 5.26 Å². The maximum Gasteiger partial charge on any atom is 0.276 e. The van der Waals surface area contributed by atoms with Crippen molar-refractivity contribution < 1.29 is 9.72 Å². The van der Waals surface area contributed by atoms with Gasteiger partial charge in [-0.25, -0.2) is 4.68 Å². The standard InChI is InChI=1S/C14H14N6O3/c1-10-13(14(21)18(2)8-4-7-15)16-17-19(10)11-5-3-6-12(9-11)20(22)23/h3,5-6,9H,4,8H2,1-2H3. The van der Waals surface area contributed by atoms with Crippen LogP contribution in [0.4, 0.5) is 5.69 Å². The quantitative estimate of drug-likeness (QED) is 0.609. The lowest BCUT2D eigenvalue weighted by atomic mass is 10.2. The summed E-state index contributed by atoms with van der Waals surface area (Å²) in [6.45, 7) is 1.95. The number of amides is 1. The van der Waals surface area contributed by atoms with E-state index in [1.807, 2.05) is 6.07 Å². The minimum atomic E-state index is -0.502. The fourth-order valence-electron chi connectivity index (χ4n) is 2.01. The van der Waals surface area contributed by atoms with Crippen molar-refractivity contribution in [1.82, 2.24) is 19.9 Å². The highest BCUT2D eigenvalue weighted by Crippen LogP contribution is 2.18.